The number of epoxide rings is 1. The number of hydrogen-bond donors (Lipinski definition) is 1. The number of ether oxygens (including phenoxy) is 3. The van der Waals surface area contributed by atoms with Crippen molar-refractivity contribution in [1.29, 1.82) is 0 Å². The molecule has 7 heteroatoms. The van der Waals surface area contributed by atoms with Crippen molar-refractivity contribution in [3.63, 3.8) is 0 Å². The molecule has 0 saturated carbocycles. The molecule has 0 aromatic rings. The zero-order valence-corrected chi connectivity index (χ0v) is 17.9. The van der Waals surface area contributed by atoms with Crippen molar-refractivity contribution < 1.29 is 33.7 Å². The highest BCUT2D eigenvalue weighted by Gasteiger charge is 2.44. The van der Waals surface area contributed by atoms with Crippen molar-refractivity contribution >= 4 is 17.9 Å². The molecule has 1 aliphatic heterocycles. The van der Waals surface area contributed by atoms with Crippen LogP contribution in [0.15, 0.2) is 12.2 Å². The summed E-state index contributed by atoms with van der Waals surface area (Å²) < 4.78 is 16.2. The SMILES string of the molecule is C=C(C)C(=O)OC(CCCCC)(CCCCCCCC(=O)O)C(=O)OCC1CO1. The fourth-order valence-electron chi connectivity index (χ4n) is 3.08. The molecule has 0 bridgehead atoms. The molecule has 2 unspecified atom stereocenters. The van der Waals surface area contributed by atoms with Gasteiger partial charge in [-0.1, -0.05) is 45.6 Å². The molecule has 0 aromatic heterocycles. The Bertz CT molecular complexity index is 553. The summed E-state index contributed by atoms with van der Waals surface area (Å²) in [7, 11) is 0. The molecule has 0 aromatic carbocycles. The van der Waals surface area contributed by atoms with E-state index in [0.29, 0.717) is 32.3 Å². The van der Waals surface area contributed by atoms with E-state index in [1.807, 2.05) is 0 Å². The first-order valence-corrected chi connectivity index (χ1v) is 10.7. The highest BCUT2D eigenvalue weighted by atomic mass is 16.6. The van der Waals surface area contributed by atoms with Crippen LogP contribution in [-0.4, -0.2) is 47.9 Å². The molecule has 1 saturated heterocycles. The quantitative estimate of drug-likeness (QED) is 0.165. The van der Waals surface area contributed by atoms with Gasteiger partial charge in [0.1, 0.15) is 12.7 Å². The van der Waals surface area contributed by atoms with Crippen LogP contribution in [0.4, 0.5) is 0 Å². The molecule has 29 heavy (non-hydrogen) atoms. The molecule has 1 rings (SSSR count). The summed E-state index contributed by atoms with van der Waals surface area (Å²) in [6, 6.07) is 0. The molecule has 1 N–H and O–H groups in total. The number of rotatable bonds is 17. The average molecular weight is 413 g/mol. The van der Waals surface area contributed by atoms with E-state index in [9.17, 15) is 14.4 Å². The number of unbranched alkanes of at least 4 members (excludes halogenated alkanes) is 6. The molecule has 1 heterocycles. The topological polar surface area (TPSA) is 102 Å². The molecule has 0 amide bonds. The van der Waals surface area contributed by atoms with Gasteiger partial charge in [0, 0.05) is 12.0 Å². The molecular formula is C22H36O7. The molecular weight excluding hydrogens is 376 g/mol. The molecule has 0 spiro atoms. The van der Waals surface area contributed by atoms with Crippen LogP contribution < -0.4 is 0 Å². The van der Waals surface area contributed by atoms with Crippen LogP contribution in [0.5, 0.6) is 0 Å². The third-order valence-electron chi connectivity index (χ3n) is 4.97. The van der Waals surface area contributed by atoms with Gasteiger partial charge in [0.05, 0.1) is 6.61 Å². The van der Waals surface area contributed by atoms with E-state index in [2.05, 4.69) is 13.5 Å². The number of esters is 2. The molecule has 2 atom stereocenters. The van der Waals surface area contributed by atoms with E-state index in [4.69, 9.17) is 19.3 Å². The van der Waals surface area contributed by atoms with E-state index in [0.717, 1.165) is 38.5 Å². The standard InChI is InChI=1S/C22H36O7/c1-4-5-10-13-22(29-20(25)17(2)3,21(26)28-16-18-15-27-18)14-11-8-6-7-9-12-19(23)24/h18H,2,4-16H2,1,3H3,(H,23,24). The van der Waals surface area contributed by atoms with Crippen molar-refractivity contribution in [1.82, 2.24) is 0 Å². The van der Waals surface area contributed by atoms with E-state index in [-0.39, 0.29) is 24.7 Å². The maximum atomic E-state index is 12.9. The Morgan fingerprint density at radius 2 is 1.66 bits per heavy atom. The van der Waals surface area contributed by atoms with Gasteiger partial charge in [-0.15, -0.1) is 0 Å². The van der Waals surface area contributed by atoms with Crippen molar-refractivity contribution in [3.05, 3.63) is 12.2 Å². The minimum absolute atomic E-state index is 0.0571. The molecule has 0 aliphatic carbocycles. The lowest BCUT2D eigenvalue weighted by Crippen LogP contribution is -2.45. The zero-order valence-electron chi connectivity index (χ0n) is 17.9. The summed E-state index contributed by atoms with van der Waals surface area (Å²) in [4.78, 5) is 35.8. The number of hydrogen-bond acceptors (Lipinski definition) is 6. The van der Waals surface area contributed by atoms with E-state index >= 15 is 0 Å². The highest BCUT2D eigenvalue weighted by Crippen LogP contribution is 2.30. The molecule has 0 radical (unpaired) electrons. The van der Waals surface area contributed by atoms with Gasteiger partial charge in [0.2, 0.25) is 5.60 Å². The monoisotopic (exact) mass is 412 g/mol. The maximum Gasteiger partial charge on any atom is 0.350 e. The highest BCUT2D eigenvalue weighted by molar-refractivity contribution is 5.91. The van der Waals surface area contributed by atoms with Crippen LogP contribution >= 0.6 is 0 Å². The number of carbonyl (C=O) groups is 3. The largest absolute Gasteiger partial charge is 0.481 e. The third-order valence-corrected chi connectivity index (χ3v) is 4.97. The Morgan fingerprint density at radius 3 is 2.21 bits per heavy atom. The number of carbonyl (C=O) groups excluding carboxylic acids is 2. The summed E-state index contributed by atoms with van der Waals surface area (Å²) in [5.74, 6) is -1.87. The van der Waals surface area contributed by atoms with Gasteiger partial charge in [-0.05, 0) is 39.0 Å². The summed E-state index contributed by atoms with van der Waals surface area (Å²) >= 11 is 0. The fourth-order valence-corrected chi connectivity index (χ4v) is 3.08. The molecule has 166 valence electrons. The van der Waals surface area contributed by atoms with Gasteiger partial charge in [0.15, 0.2) is 0 Å². The number of carboxylic acid groups (broad SMARTS) is 1. The van der Waals surface area contributed by atoms with E-state index in [1.165, 1.54) is 0 Å². The van der Waals surface area contributed by atoms with Crippen LogP contribution in [0.3, 0.4) is 0 Å². The Balaban J connectivity index is 2.71. The van der Waals surface area contributed by atoms with Gasteiger partial charge in [0.25, 0.3) is 0 Å². The van der Waals surface area contributed by atoms with Crippen LogP contribution in [0.2, 0.25) is 0 Å². The zero-order chi connectivity index (χ0) is 21.7. The summed E-state index contributed by atoms with van der Waals surface area (Å²) in [6.45, 7) is 8.02. The van der Waals surface area contributed by atoms with Crippen molar-refractivity contribution in [2.24, 2.45) is 0 Å². The summed E-state index contributed by atoms with van der Waals surface area (Å²) in [5, 5.41) is 8.69. The normalized spacial score (nSPS) is 17.2. The fraction of sp³-hybridized carbons (Fsp3) is 0.773. The minimum Gasteiger partial charge on any atom is -0.481 e. The van der Waals surface area contributed by atoms with Crippen LogP contribution in [-0.2, 0) is 28.6 Å². The predicted octanol–water partition coefficient (Wildman–Crippen LogP) is 4.18. The minimum atomic E-state index is -1.30. The lowest BCUT2D eigenvalue weighted by molar-refractivity contribution is -0.183. The molecule has 1 aliphatic rings. The summed E-state index contributed by atoms with van der Waals surface area (Å²) in [5.41, 5.74) is -1.06. The van der Waals surface area contributed by atoms with Crippen LogP contribution in [0.1, 0.15) is 84.5 Å². The van der Waals surface area contributed by atoms with Gasteiger partial charge >= 0.3 is 17.9 Å². The number of carboxylic acids is 1. The van der Waals surface area contributed by atoms with E-state index in [1.54, 1.807) is 6.92 Å². The Morgan fingerprint density at radius 1 is 1.07 bits per heavy atom. The van der Waals surface area contributed by atoms with Gasteiger partial charge in [-0.25, -0.2) is 9.59 Å². The second-order valence-corrected chi connectivity index (χ2v) is 7.84. The first kappa shape index (κ1) is 25.1. The predicted molar refractivity (Wildman–Crippen MR) is 108 cm³/mol. The third kappa shape index (κ3) is 10.5. The van der Waals surface area contributed by atoms with Crippen molar-refractivity contribution in [3.8, 4) is 0 Å². The average Bonchev–Trinajstić information content (AvgIpc) is 3.49. The van der Waals surface area contributed by atoms with Crippen LogP contribution in [0.25, 0.3) is 0 Å². The van der Waals surface area contributed by atoms with E-state index < -0.39 is 23.5 Å². The number of aliphatic carboxylic acids is 1. The van der Waals surface area contributed by atoms with Crippen LogP contribution in [0, 0.1) is 0 Å². The van der Waals surface area contributed by atoms with Gasteiger partial charge in [-0.3, -0.25) is 4.79 Å². The van der Waals surface area contributed by atoms with Crippen molar-refractivity contribution in [2.45, 2.75) is 96.2 Å². The molecule has 1 fully saturated rings. The Labute approximate surface area is 173 Å². The maximum absolute atomic E-state index is 12.9. The van der Waals surface area contributed by atoms with Crippen molar-refractivity contribution in [2.75, 3.05) is 13.2 Å². The lowest BCUT2D eigenvalue weighted by atomic mass is 9.89. The molecule has 7 nitrogen and oxygen atoms in total. The lowest BCUT2D eigenvalue weighted by Gasteiger charge is -2.31. The Kier molecular flexibility index (Phi) is 11.6. The second-order valence-electron chi connectivity index (χ2n) is 7.84. The second kappa shape index (κ2) is 13.4. The first-order valence-electron chi connectivity index (χ1n) is 10.7. The van der Waals surface area contributed by atoms with Gasteiger partial charge in [-0.2, -0.15) is 0 Å². The van der Waals surface area contributed by atoms with Gasteiger partial charge < -0.3 is 19.3 Å². The Hall–Kier alpha value is -1.89. The first-order chi connectivity index (χ1) is 13.8. The summed E-state index contributed by atoms with van der Waals surface area (Å²) in [6.07, 6.45) is 7.46. The smallest absolute Gasteiger partial charge is 0.350 e.